The zero-order valence-electron chi connectivity index (χ0n) is 9.98. The van der Waals surface area contributed by atoms with E-state index in [0.29, 0.717) is 18.0 Å². The minimum atomic E-state index is 0.424. The Morgan fingerprint density at radius 1 is 1.27 bits per heavy atom. The molecule has 2 aliphatic rings. The zero-order chi connectivity index (χ0) is 10.8. The first-order valence-electron chi connectivity index (χ1n) is 6.29. The van der Waals surface area contributed by atoms with E-state index in [-0.39, 0.29) is 0 Å². The summed E-state index contributed by atoms with van der Waals surface area (Å²) < 4.78 is 0. The Labute approximate surface area is 98.0 Å². The Hall–Kier alpha value is 0.270. The summed E-state index contributed by atoms with van der Waals surface area (Å²) in [6.07, 6.45) is 3.99. The molecule has 2 heterocycles. The van der Waals surface area contributed by atoms with Crippen LogP contribution in [0.15, 0.2) is 0 Å². The van der Waals surface area contributed by atoms with Crippen LogP contribution in [0.2, 0.25) is 0 Å². The third-order valence-corrected chi connectivity index (χ3v) is 5.48. The zero-order valence-corrected chi connectivity index (χ0v) is 10.8. The lowest BCUT2D eigenvalue weighted by atomic mass is 9.86. The highest BCUT2D eigenvalue weighted by atomic mass is 32.2. The predicted octanol–water partition coefficient (Wildman–Crippen LogP) is 1.94. The molecule has 0 saturated carbocycles. The Kier molecular flexibility index (Phi) is 3.97. The first-order valence-corrected chi connectivity index (χ1v) is 7.44. The van der Waals surface area contributed by atoms with E-state index in [1.807, 2.05) is 0 Å². The van der Waals surface area contributed by atoms with Gasteiger partial charge in [0.1, 0.15) is 0 Å². The van der Waals surface area contributed by atoms with Crippen LogP contribution in [0.3, 0.4) is 0 Å². The van der Waals surface area contributed by atoms with Crippen LogP contribution in [0.1, 0.15) is 33.1 Å². The van der Waals surface area contributed by atoms with E-state index in [4.69, 9.17) is 5.73 Å². The van der Waals surface area contributed by atoms with E-state index in [9.17, 15) is 0 Å². The van der Waals surface area contributed by atoms with Gasteiger partial charge in [-0.25, -0.2) is 0 Å². The Bertz CT molecular complexity index is 202. The molecule has 0 aromatic rings. The highest BCUT2D eigenvalue weighted by molar-refractivity contribution is 7.99. The van der Waals surface area contributed by atoms with Gasteiger partial charge in [-0.15, -0.1) is 0 Å². The average molecular weight is 228 g/mol. The van der Waals surface area contributed by atoms with Gasteiger partial charge in [0.2, 0.25) is 0 Å². The Balaban J connectivity index is 1.96. The molecule has 2 aliphatic heterocycles. The molecule has 0 spiro atoms. The second kappa shape index (κ2) is 5.07. The smallest absolute Gasteiger partial charge is 0.0189 e. The quantitative estimate of drug-likeness (QED) is 0.744. The van der Waals surface area contributed by atoms with E-state index >= 15 is 0 Å². The molecule has 2 N–H and O–H groups in total. The topological polar surface area (TPSA) is 29.3 Å². The Morgan fingerprint density at radius 2 is 2.07 bits per heavy atom. The molecule has 0 radical (unpaired) electrons. The van der Waals surface area contributed by atoms with Crippen LogP contribution in [0.25, 0.3) is 0 Å². The van der Waals surface area contributed by atoms with Crippen molar-refractivity contribution in [1.29, 1.82) is 0 Å². The van der Waals surface area contributed by atoms with Crippen LogP contribution in [-0.2, 0) is 0 Å². The van der Waals surface area contributed by atoms with E-state index in [2.05, 4.69) is 30.5 Å². The molecule has 4 unspecified atom stereocenters. The molecule has 2 saturated heterocycles. The normalized spacial score (nSPS) is 44.2. The fourth-order valence-electron chi connectivity index (χ4n) is 2.92. The van der Waals surface area contributed by atoms with Gasteiger partial charge in [0.15, 0.2) is 0 Å². The molecule has 0 aromatic heterocycles. The van der Waals surface area contributed by atoms with E-state index < -0.39 is 0 Å². The average Bonchev–Trinajstić information content (AvgIpc) is 2.27. The lowest BCUT2D eigenvalue weighted by Gasteiger charge is -2.46. The fraction of sp³-hybridized carbons (Fsp3) is 1.00. The molecule has 4 atom stereocenters. The van der Waals surface area contributed by atoms with Crippen molar-refractivity contribution in [2.45, 2.75) is 51.2 Å². The molecule has 2 fully saturated rings. The maximum Gasteiger partial charge on any atom is 0.0189 e. The van der Waals surface area contributed by atoms with Gasteiger partial charge >= 0.3 is 0 Å². The number of nitrogens with two attached hydrogens (primary N) is 1. The lowest BCUT2D eigenvalue weighted by Crippen LogP contribution is -2.56. The number of piperidine rings is 1. The van der Waals surface area contributed by atoms with Gasteiger partial charge in [-0.1, -0.05) is 6.92 Å². The maximum atomic E-state index is 6.13. The summed E-state index contributed by atoms with van der Waals surface area (Å²) in [6.45, 7) is 5.90. The number of thioether (sulfide) groups is 1. The molecule has 0 aliphatic carbocycles. The van der Waals surface area contributed by atoms with Gasteiger partial charge in [-0.2, -0.15) is 11.8 Å². The molecule has 3 heteroatoms. The van der Waals surface area contributed by atoms with Crippen LogP contribution in [0.5, 0.6) is 0 Å². The van der Waals surface area contributed by atoms with Crippen LogP contribution in [0, 0.1) is 5.92 Å². The summed E-state index contributed by atoms with van der Waals surface area (Å²) in [5, 5.41) is 0. The van der Waals surface area contributed by atoms with Gasteiger partial charge in [0, 0.05) is 30.4 Å². The molecule has 88 valence electrons. The molecule has 0 bridgehead atoms. The lowest BCUT2D eigenvalue weighted by molar-refractivity contribution is 0.0602. The van der Waals surface area contributed by atoms with Crippen molar-refractivity contribution in [2.24, 2.45) is 11.7 Å². The molecule has 15 heavy (non-hydrogen) atoms. The predicted molar refractivity (Wildman–Crippen MR) is 68.3 cm³/mol. The van der Waals surface area contributed by atoms with Gasteiger partial charge in [-0.3, -0.25) is 4.90 Å². The summed E-state index contributed by atoms with van der Waals surface area (Å²) in [7, 11) is 0. The molecule has 2 rings (SSSR count). The van der Waals surface area contributed by atoms with Crippen molar-refractivity contribution in [3.05, 3.63) is 0 Å². The van der Waals surface area contributed by atoms with Crippen molar-refractivity contribution in [1.82, 2.24) is 4.90 Å². The standard InChI is InChI=1S/C12H24N2S/c1-9-10(2)14(6-5-12(9)13)11-4-3-7-15-8-11/h9-12H,3-8,13H2,1-2H3. The molecule has 0 aromatic carbocycles. The largest absolute Gasteiger partial charge is 0.327 e. The van der Waals surface area contributed by atoms with E-state index in [1.165, 1.54) is 37.3 Å². The number of hydrogen-bond donors (Lipinski definition) is 1. The van der Waals surface area contributed by atoms with Crippen molar-refractivity contribution in [3.63, 3.8) is 0 Å². The van der Waals surface area contributed by atoms with E-state index in [1.54, 1.807) is 0 Å². The van der Waals surface area contributed by atoms with Gasteiger partial charge in [0.05, 0.1) is 0 Å². The Morgan fingerprint density at radius 3 is 2.73 bits per heavy atom. The number of likely N-dealkylation sites (tertiary alicyclic amines) is 1. The molecular formula is C12H24N2S. The number of rotatable bonds is 1. The monoisotopic (exact) mass is 228 g/mol. The molecule has 0 amide bonds. The fourth-order valence-corrected chi connectivity index (χ4v) is 4.09. The third kappa shape index (κ3) is 2.51. The number of hydrogen-bond acceptors (Lipinski definition) is 3. The summed E-state index contributed by atoms with van der Waals surface area (Å²) in [4.78, 5) is 2.72. The molecule has 2 nitrogen and oxygen atoms in total. The van der Waals surface area contributed by atoms with Crippen LogP contribution in [-0.4, -0.2) is 41.1 Å². The van der Waals surface area contributed by atoms with Gasteiger partial charge in [0.25, 0.3) is 0 Å². The number of nitrogens with zero attached hydrogens (tertiary/aromatic N) is 1. The van der Waals surface area contributed by atoms with Crippen LogP contribution < -0.4 is 5.73 Å². The SMILES string of the molecule is CC1C(N)CCN(C2CCCSC2)C1C. The van der Waals surface area contributed by atoms with Crippen LogP contribution in [0.4, 0.5) is 0 Å². The maximum absolute atomic E-state index is 6.13. The first-order chi connectivity index (χ1) is 7.20. The first kappa shape index (κ1) is 11.7. The summed E-state index contributed by atoms with van der Waals surface area (Å²) in [5.41, 5.74) is 6.13. The van der Waals surface area contributed by atoms with Crippen molar-refractivity contribution in [3.8, 4) is 0 Å². The van der Waals surface area contributed by atoms with Crippen molar-refractivity contribution < 1.29 is 0 Å². The van der Waals surface area contributed by atoms with Gasteiger partial charge in [-0.05, 0) is 37.9 Å². The van der Waals surface area contributed by atoms with Crippen molar-refractivity contribution in [2.75, 3.05) is 18.1 Å². The highest BCUT2D eigenvalue weighted by Gasteiger charge is 2.34. The van der Waals surface area contributed by atoms with E-state index in [0.717, 1.165) is 6.04 Å². The summed E-state index contributed by atoms with van der Waals surface area (Å²) in [5.74, 6) is 3.37. The van der Waals surface area contributed by atoms with Gasteiger partial charge < -0.3 is 5.73 Å². The summed E-state index contributed by atoms with van der Waals surface area (Å²) >= 11 is 2.13. The van der Waals surface area contributed by atoms with Crippen LogP contribution >= 0.6 is 11.8 Å². The minimum Gasteiger partial charge on any atom is -0.327 e. The summed E-state index contributed by atoms with van der Waals surface area (Å²) in [6, 6.07) is 1.93. The van der Waals surface area contributed by atoms with Crippen molar-refractivity contribution >= 4 is 11.8 Å². The molecular weight excluding hydrogens is 204 g/mol. The third-order valence-electron chi connectivity index (χ3n) is 4.29. The highest BCUT2D eigenvalue weighted by Crippen LogP contribution is 2.29. The minimum absolute atomic E-state index is 0.424. The second-order valence-electron chi connectivity index (χ2n) is 5.16. The second-order valence-corrected chi connectivity index (χ2v) is 6.31.